The first-order chi connectivity index (χ1) is 11.7. The van der Waals surface area contributed by atoms with Crippen LogP contribution in [0.1, 0.15) is 36.0 Å². The molecule has 0 aromatic heterocycles. The number of nitrogens with zero attached hydrogens (tertiary/aromatic N) is 3. The van der Waals surface area contributed by atoms with Crippen molar-refractivity contribution in [2.24, 2.45) is 4.99 Å². The van der Waals surface area contributed by atoms with Crippen molar-refractivity contribution in [3.05, 3.63) is 71.3 Å². The molecule has 118 valence electrons. The van der Waals surface area contributed by atoms with Crippen LogP contribution in [-0.4, -0.2) is 28.7 Å². The lowest BCUT2D eigenvalue weighted by atomic mass is 9.78. The number of rotatable bonds is 2. The van der Waals surface area contributed by atoms with E-state index in [1.807, 2.05) is 35.2 Å². The van der Waals surface area contributed by atoms with Gasteiger partial charge in [-0.15, -0.1) is 0 Å². The third kappa shape index (κ3) is 2.21. The molecule has 1 amide bonds. The van der Waals surface area contributed by atoms with Gasteiger partial charge in [-0.05, 0) is 30.2 Å². The largest absolute Gasteiger partial charge is 0.316 e. The predicted molar refractivity (Wildman–Crippen MR) is 91.6 cm³/mol. The highest BCUT2D eigenvalue weighted by atomic mass is 16.2. The van der Waals surface area contributed by atoms with Gasteiger partial charge in [-0.2, -0.15) is 5.26 Å². The fourth-order valence-electron chi connectivity index (χ4n) is 3.73. The molecule has 0 saturated carbocycles. The minimum atomic E-state index is -0.116. The molecule has 0 N–H and O–H groups in total. The second-order valence-corrected chi connectivity index (χ2v) is 6.33. The number of aliphatic imine (C=N–C) groups is 1. The Morgan fingerprint density at radius 2 is 1.83 bits per heavy atom. The number of hydrogen-bond acceptors (Lipinski definition) is 3. The maximum Gasteiger partial charge on any atom is 0.230 e. The smallest absolute Gasteiger partial charge is 0.230 e. The molecule has 2 aliphatic rings. The van der Waals surface area contributed by atoms with Gasteiger partial charge in [0.2, 0.25) is 5.91 Å². The van der Waals surface area contributed by atoms with Gasteiger partial charge >= 0.3 is 0 Å². The summed E-state index contributed by atoms with van der Waals surface area (Å²) in [5.74, 6) is 0.373. The molecule has 2 heterocycles. The first kappa shape index (κ1) is 14.6. The van der Waals surface area contributed by atoms with Gasteiger partial charge < -0.3 is 4.90 Å². The Bertz CT molecular complexity index is 849. The number of carbonyl (C=O) groups is 1. The molecule has 4 rings (SSSR count). The van der Waals surface area contributed by atoms with Gasteiger partial charge in [-0.3, -0.25) is 9.79 Å². The third-order valence-corrected chi connectivity index (χ3v) is 4.99. The molecule has 4 heteroatoms. The van der Waals surface area contributed by atoms with E-state index in [4.69, 9.17) is 10.3 Å². The zero-order valence-corrected chi connectivity index (χ0v) is 13.4. The van der Waals surface area contributed by atoms with Crippen molar-refractivity contribution in [3.8, 4) is 6.07 Å². The van der Waals surface area contributed by atoms with E-state index in [0.29, 0.717) is 12.0 Å². The van der Waals surface area contributed by atoms with E-state index in [9.17, 15) is 4.79 Å². The standard InChI is InChI=1S/C20H17N3O/c1-13-19(16-5-3-2-4-6-16)20-22-17(11-18(24)23(13)20)15-9-7-14(12-21)8-10-15/h2-10,13,19-20H,11H2,1H3. The summed E-state index contributed by atoms with van der Waals surface area (Å²) in [5, 5.41) is 8.92. The van der Waals surface area contributed by atoms with E-state index in [-0.39, 0.29) is 24.0 Å². The zero-order valence-electron chi connectivity index (χ0n) is 13.4. The van der Waals surface area contributed by atoms with Crippen molar-refractivity contribution in [3.63, 3.8) is 0 Å². The fraction of sp³-hybridized carbons (Fsp3) is 0.250. The number of fused-ring (bicyclic) bond motifs is 1. The highest BCUT2D eigenvalue weighted by molar-refractivity contribution is 6.12. The maximum absolute atomic E-state index is 12.5. The second kappa shape index (κ2) is 5.61. The molecule has 3 unspecified atom stereocenters. The van der Waals surface area contributed by atoms with Gasteiger partial charge in [0.25, 0.3) is 0 Å². The predicted octanol–water partition coefficient (Wildman–Crippen LogP) is 3.09. The van der Waals surface area contributed by atoms with Gasteiger partial charge in [0, 0.05) is 12.0 Å². The SMILES string of the molecule is CC1C(c2ccccc2)C2N=C(c3ccc(C#N)cc3)CC(=O)N12. The average molecular weight is 315 g/mol. The Kier molecular flexibility index (Phi) is 3.42. The van der Waals surface area contributed by atoms with Crippen LogP contribution in [0.4, 0.5) is 0 Å². The molecule has 4 nitrogen and oxygen atoms in total. The topological polar surface area (TPSA) is 56.5 Å². The van der Waals surface area contributed by atoms with Crippen LogP contribution in [0.15, 0.2) is 59.6 Å². The molecule has 3 atom stereocenters. The van der Waals surface area contributed by atoms with Crippen LogP contribution in [0.2, 0.25) is 0 Å². The van der Waals surface area contributed by atoms with Crippen molar-refractivity contribution >= 4 is 11.6 Å². The molecule has 2 aliphatic heterocycles. The summed E-state index contributed by atoms with van der Waals surface area (Å²) in [5.41, 5.74) is 3.58. The lowest BCUT2D eigenvalue weighted by Gasteiger charge is -2.54. The van der Waals surface area contributed by atoms with Crippen LogP contribution in [0.3, 0.4) is 0 Å². The summed E-state index contributed by atoms with van der Waals surface area (Å²) in [6, 6.07) is 19.9. The molecule has 1 fully saturated rings. The Morgan fingerprint density at radius 3 is 2.50 bits per heavy atom. The first-order valence-electron chi connectivity index (χ1n) is 8.12. The summed E-state index contributed by atoms with van der Waals surface area (Å²) in [7, 11) is 0. The van der Waals surface area contributed by atoms with Crippen molar-refractivity contribution in [2.75, 3.05) is 0 Å². The van der Waals surface area contributed by atoms with Gasteiger partial charge in [0.1, 0.15) is 6.17 Å². The molecule has 24 heavy (non-hydrogen) atoms. The van der Waals surface area contributed by atoms with Crippen LogP contribution in [0, 0.1) is 11.3 Å². The van der Waals surface area contributed by atoms with E-state index >= 15 is 0 Å². The first-order valence-corrected chi connectivity index (χ1v) is 8.12. The van der Waals surface area contributed by atoms with E-state index < -0.39 is 0 Å². The van der Waals surface area contributed by atoms with Gasteiger partial charge in [0.05, 0.1) is 23.8 Å². The molecular formula is C20H17N3O. The minimum Gasteiger partial charge on any atom is -0.316 e. The highest BCUT2D eigenvalue weighted by Gasteiger charge is 2.51. The summed E-state index contributed by atoms with van der Waals surface area (Å²) in [6.45, 7) is 2.09. The van der Waals surface area contributed by atoms with Crippen molar-refractivity contribution in [1.82, 2.24) is 4.90 Å². The third-order valence-electron chi connectivity index (χ3n) is 4.99. The van der Waals surface area contributed by atoms with Gasteiger partial charge in [0.15, 0.2) is 0 Å². The van der Waals surface area contributed by atoms with Crippen LogP contribution >= 0.6 is 0 Å². The van der Waals surface area contributed by atoms with Gasteiger partial charge in [-0.1, -0.05) is 42.5 Å². The van der Waals surface area contributed by atoms with E-state index in [1.165, 1.54) is 5.56 Å². The highest BCUT2D eigenvalue weighted by Crippen LogP contribution is 2.43. The molecule has 2 aromatic rings. The summed E-state index contributed by atoms with van der Waals surface area (Å²) in [6.07, 6.45) is 0.211. The fourth-order valence-corrected chi connectivity index (χ4v) is 3.73. The minimum absolute atomic E-state index is 0.116. The average Bonchev–Trinajstić information content (AvgIpc) is 2.61. The molecule has 2 aromatic carbocycles. The molecule has 1 saturated heterocycles. The lowest BCUT2D eigenvalue weighted by molar-refractivity contribution is -0.146. The molecular weight excluding hydrogens is 298 g/mol. The molecule has 0 aliphatic carbocycles. The van der Waals surface area contributed by atoms with Gasteiger partial charge in [-0.25, -0.2) is 0 Å². The maximum atomic E-state index is 12.5. The molecule has 0 bridgehead atoms. The Morgan fingerprint density at radius 1 is 1.12 bits per heavy atom. The Hall–Kier alpha value is -2.93. The van der Waals surface area contributed by atoms with E-state index in [2.05, 4.69) is 25.1 Å². The summed E-state index contributed by atoms with van der Waals surface area (Å²) < 4.78 is 0. The van der Waals surface area contributed by atoms with Crippen molar-refractivity contribution < 1.29 is 4.79 Å². The number of amides is 1. The van der Waals surface area contributed by atoms with E-state index in [1.54, 1.807) is 12.1 Å². The Labute approximate surface area is 141 Å². The second-order valence-electron chi connectivity index (χ2n) is 6.33. The normalized spacial score (nSPS) is 25.3. The van der Waals surface area contributed by atoms with Crippen LogP contribution < -0.4 is 0 Å². The van der Waals surface area contributed by atoms with Crippen molar-refractivity contribution in [2.45, 2.75) is 31.5 Å². The lowest BCUT2D eigenvalue weighted by Crippen LogP contribution is -2.64. The monoisotopic (exact) mass is 315 g/mol. The Balaban J connectivity index is 1.68. The quantitative estimate of drug-likeness (QED) is 0.855. The number of nitriles is 1. The zero-order chi connectivity index (χ0) is 16.7. The van der Waals surface area contributed by atoms with E-state index in [0.717, 1.165) is 11.3 Å². The number of hydrogen-bond donors (Lipinski definition) is 0. The van der Waals surface area contributed by atoms with Crippen LogP contribution in [0.25, 0.3) is 0 Å². The summed E-state index contributed by atoms with van der Waals surface area (Å²) in [4.78, 5) is 19.3. The molecule has 0 spiro atoms. The van der Waals surface area contributed by atoms with Crippen LogP contribution in [-0.2, 0) is 4.79 Å². The summed E-state index contributed by atoms with van der Waals surface area (Å²) >= 11 is 0. The van der Waals surface area contributed by atoms with Crippen molar-refractivity contribution in [1.29, 1.82) is 5.26 Å². The number of benzene rings is 2. The molecule has 0 radical (unpaired) electrons. The van der Waals surface area contributed by atoms with Crippen LogP contribution in [0.5, 0.6) is 0 Å². The number of carbonyl (C=O) groups excluding carboxylic acids is 1.